The van der Waals surface area contributed by atoms with Gasteiger partial charge in [-0.1, -0.05) is 47.9 Å². The lowest BCUT2D eigenvalue weighted by Crippen LogP contribution is -2.02. The Morgan fingerprint density at radius 1 is 1.06 bits per heavy atom. The zero-order valence-electron chi connectivity index (χ0n) is 11.1. The predicted molar refractivity (Wildman–Crippen MR) is 80.4 cm³/mol. The van der Waals surface area contributed by atoms with Crippen molar-refractivity contribution < 1.29 is 4.74 Å². The first-order valence-corrected chi connectivity index (χ1v) is 6.12. The normalized spacial score (nSPS) is 11.3. The summed E-state index contributed by atoms with van der Waals surface area (Å²) in [5.74, 6) is 0.887. The first-order chi connectivity index (χ1) is 8.74. The maximum atomic E-state index is 5.19. The largest absolute Gasteiger partial charge is 0.497 e. The second-order valence-corrected chi connectivity index (χ2v) is 4.30. The molecule has 0 fully saturated rings. The van der Waals surface area contributed by atoms with E-state index in [2.05, 4.69) is 57.2 Å². The van der Waals surface area contributed by atoms with E-state index in [0.717, 1.165) is 5.75 Å². The van der Waals surface area contributed by atoms with Crippen LogP contribution in [0.3, 0.4) is 0 Å². The predicted octanol–water partition coefficient (Wildman–Crippen LogP) is 2.41. The molecule has 0 spiro atoms. The van der Waals surface area contributed by atoms with Gasteiger partial charge < -0.3 is 4.74 Å². The molecule has 2 aromatic carbocycles. The summed E-state index contributed by atoms with van der Waals surface area (Å²) < 4.78 is 5.19. The van der Waals surface area contributed by atoms with E-state index in [4.69, 9.17) is 4.74 Å². The lowest BCUT2D eigenvalue weighted by Gasteiger charge is -2.09. The van der Waals surface area contributed by atoms with Crippen LogP contribution in [0.25, 0.3) is 5.57 Å². The second kappa shape index (κ2) is 5.59. The second-order valence-electron chi connectivity index (χ2n) is 4.30. The van der Waals surface area contributed by atoms with Crippen LogP contribution in [0, 0.1) is 0 Å². The van der Waals surface area contributed by atoms with Gasteiger partial charge in [0.25, 0.3) is 0 Å². The Labute approximate surface area is 110 Å². The molecule has 18 heavy (non-hydrogen) atoms. The summed E-state index contributed by atoms with van der Waals surface area (Å²) in [6.45, 7) is 2.07. The van der Waals surface area contributed by atoms with E-state index in [0.29, 0.717) is 0 Å². The van der Waals surface area contributed by atoms with E-state index in [9.17, 15) is 0 Å². The monoisotopic (exact) mass is 236 g/mol. The fourth-order valence-electron chi connectivity index (χ4n) is 2.08. The van der Waals surface area contributed by atoms with E-state index in [1.165, 1.54) is 22.2 Å². The highest BCUT2D eigenvalue weighted by atomic mass is 16.5. The third-order valence-electron chi connectivity index (χ3n) is 3.02. The first-order valence-electron chi connectivity index (χ1n) is 6.12. The fraction of sp³-hybridized carbons (Fsp3) is 0.125. The summed E-state index contributed by atoms with van der Waals surface area (Å²) in [6.07, 6.45) is 2.15. The number of hydrogen-bond acceptors (Lipinski definition) is 1. The van der Waals surface area contributed by atoms with Crippen LogP contribution in [-0.2, 0) is 0 Å². The molecule has 0 bridgehead atoms. The van der Waals surface area contributed by atoms with Crippen LogP contribution in [0.2, 0.25) is 0 Å². The molecule has 0 aliphatic rings. The van der Waals surface area contributed by atoms with Gasteiger partial charge in [-0.25, -0.2) is 0 Å². The Balaban J connectivity index is 2.39. The van der Waals surface area contributed by atoms with Crippen LogP contribution in [0.15, 0.2) is 54.6 Å². The van der Waals surface area contributed by atoms with Gasteiger partial charge in [-0.2, -0.15) is 0 Å². The quantitative estimate of drug-likeness (QED) is 0.743. The molecule has 0 radical (unpaired) electrons. The fourth-order valence-corrected chi connectivity index (χ4v) is 2.08. The van der Waals surface area contributed by atoms with Crippen molar-refractivity contribution in [1.29, 1.82) is 0 Å². The molecule has 0 saturated carbocycles. The standard InChI is InChI=1S/C16H17BO/c1-3-16(13-5-4-6-14(17)11-13)12-7-9-15(18-2)10-8-12/h3-11H,17H2,1-2H3/b16-3-. The first kappa shape index (κ1) is 12.5. The van der Waals surface area contributed by atoms with E-state index in [1.807, 2.05) is 12.1 Å². The number of hydrogen-bond donors (Lipinski definition) is 0. The molecule has 0 N–H and O–H groups in total. The lowest BCUT2D eigenvalue weighted by molar-refractivity contribution is 0.415. The van der Waals surface area contributed by atoms with E-state index >= 15 is 0 Å². The average Bonchev–Trinajstić information content (AvgIpc) is 2.40. The number of allylic oxidation sites excluding steroid dienone is 1. The molecule has 0 aliphatic carbocycles. The van der Waals surface area contributed by atoms with E-state index in [1.54, 1.807) is 7.11 Å². The van der Waals surface area contributed by atoms with Gasteiger partial charge in [0.1, 0.15) is 13.6 Å². The Kier molecular flexibility index (Phi) is 3.88. The molecule has 1 nitrogen and oxygen atoms in total. The van der Waals surface area contributed by atoms with Crippen LogP contribution < -0.4 is 10.2 Å². The van der Waals surface area contributed by atoms with E-state index < -0.39 is 0 Å². The van der Waals surface area contributed by atoms with Crippen molar-refractivity contribution >= 4 is 18.9 Å². The molecule has 0 heterocycles. The number of rotatable bonds is 3. The minimum Gasteiger partial charge on any atom is -0.497 e. The van der Waals surface area contributed by atoms with Crippen molar-refractivity contribution in [2.24, 2.45) is 0 Å². The minimum absolute atomic E-state index is 0.887. The van der Waals surface area contributed by atoms with Crippen LogP contribution in [0.5, 0.6) is 5.75 Å². The molecule has 0 amide bonds. The lowest BCUT2D eigenvalue weighted by atomic mass is 9.90. The topological polar surface area (TPSA) is 9.23 Å². The molecule has 0 unspecified atom stereocenters. The Morgan fingerprint density at radius 3 is 2.33 bits per heavy atom. The van der Waals surface area contributed by atoms with Crippen molar-refractivity contribution in [2.75, 3.05) is 7.11 Å². The highest BCUT2D eigenvalue weighted by Crippen LogP contribution is 2.24. The summed E-state index contributed by atoms with van der Waals surface area (Å²) >= 11 is 0. The molecule has 0 aliphatic heterocycles. The SMILES string of the molecule is Bc1cccc(/C(=C\C)c2ccc(OC)cc2)c1. The van der Waals surface area contributed by atoms with Crippen LogP contribution >= 0.6 is 0 Å². The Hall–Kier alpha value is -1.96. The van der Waals surface area contributed by atoms with Gasteiger partial charge in [0, 0.05) is 0 Å². The molecule has 0 saturated heterocycles. The van der Waals surface area contributed by atoms with Gasteiger partial charge in [0.15, 0.2) is 0 Å². The molecule has 0 atom stereocenters. The third-order valence-corrected chi connectivity index (χ3v) is 3.02. The molecule has 0 aromatic heterocycles. The molecule has 2 rings (SSSR count). The smallest absolute Gasteiger partial charge is 0.139 e. The summed E-state index contributed by atoms with van der Waals surface area (Å²) in [5, 5.41) is 0. The third kappa shape index (κ3) is 2.65. The summed E-state index contributed by atoms with van der Waals surface area (Å²) in [6, 6.07) is 16.7. The van der Waals surface area contributed by atoms with Gasteiger partial charge in [-0.3, -0.25) is 0 Å². The van der Waals surface area contributed by atoms with Crippen molar-refractivity contribution in [3.63, 3.8) is 0 Å². The number of ether oxygens (including phenoxy) is 1. The molecular weight excluding hydrogens is 219 g/mol. The molecule has 2 heteroatoms. The number of benzene rings is 2. The van der Waals surface area contributed by atoms with Crippen molar-refractivity contribution in [3.8, 4) is 5.75 Å². The van der Waals surface area contributed by atoms with Gasteiger partial charge in [-0.15, -0.1) is 0 Å². The Morgan fingerprint density at radius 2 is 1.78 bits per heavy atom. The molecule has 2 aromatic rings. The number of methoxy groups -OCH3 is 1. The van der Waals surface area contributed by atoms with Crippen molar-refractivity contribution in [1.82, 2.24) is 0 Å². The maximum absolute atomic E-state index is 5.19. The maximum Gasteiger partial charge on any atom is 0.139 e. The summed E-state index contributed by atoms with van der Waals surface area (Å²) in [7, 11) is 3.80. The zero-order chi connectivity index (χ0) is 13.0. The van der Waals surface area contributed by atoms with Gasteiger partial charge in [0.05, 0.1) is 7.11 Å². The van der Waals surface area contributed by atoms with Crippen LogP contribution in [-0.4, -0.2) is 15.0 Å². The summed E-state index contributed by atoms with van der Waals surface area (Å²) in [5.41, 5.74) is 4.99. The summed E-state index contributed by atoms with van der Waals surface area (Å²) in [4.78, 5) is 0. The van der Waals surface area contributed by atoms with E-state index in [-0.39, 0.29) is 0 Å². The van der Waals surface area contributed by atoms with Crippen LogP contribution in [0.4, 0.5) is 0 Å². The Bertz CT molecular complexity index is 556. The minimum atomic E-state index is 0.887. The van der Waals surface area contributed by atoms with Gasteiger partial charge in [0.2, 0.25) is 0 Å². The highest BCUT2D eigenvalue weighted by molar-refractivity contribution is 6.32. The van der Waals surface area contributed by atoms with Crippen molar-refractivity contribution in [3.05, 3.63) is 65.7 Å². The zero-order valence-corrected chi connectivity index (χ0v) is 11.1. The van der Waals surface area contributed by atoms with Gasteiger partial charge in [-0.05, 0) is 35.8 Å². The van der Waals surface area contributed by atoms with Crippen molar-refractivity contribution in [2.45, 2.75) is 6.92 Å². The highest BCUT2D eigenvalue weighted by Gasteiger charge is 2.04. The molecular formula is C16H17BO. The van der Waals surface area contributed by atoms with Gasteiger partial charge >= 0.3 is 0 Å². The molecule has 90 valence electrons. The van der Waals surface area contributed by atoms with Crippen LogP contribution in [0.1, 0.15) is 18.1 Å². The average molecular weight is 236 g/mol.